The van der Waals surface area contributed by atoms with Crippen molar-refractivity contribution in [2.75, 3.05) is 11.5 Å². The Bertz CT molecular complexity index is 521. The molecule has 0 aromatic heterocycles. The van der Waals surface area contributed by atoms with Crippen molar-refractivity contribution in [2.24, 2.45) is 11.7 Å². The highest BCUT2D eigenvalue weighted by molar-refractivity contribution is 7.99. The first-order chi connectivity index (χ1) is 9.16. The van der Waals surface area contributed by atoms with Crippen molar-refractivity contribution in [2.45, 2.75) is 26.3 Å². The maximum absolute atomic E-state index is 6.28. The third-order valence-electron chi connectivity index (χ3n) is 3.34. The quantitative estimate of drug-likeness (QED) is 0.777. The van der Waals surface area contributed by atoms with Crippen LogP contribution in [0.1, 0.15) is 31.9 Å². The summed E-state index contributed by atoms with van der Waals surface area (Å²) in [5.74, 6) is 2.99. The second kappa shape index (κ2) is 6.97. The van der Waals surface area contributed by atoms with E-state index in [1.807, 2.05) is 11.8 Å². The van der Waals surface area contributed by atoms with Crippen LogP contribution in [0, 0.1) is 5.92 Å². The zero-order valence-corrected chi connectivity index (χ0v) is 12.6. The predicted octanol–water partition coefficient (Wildman–Crippen LogP) is 4.62. The van der Waals surface area contributed by atoms with Crippen LogP contribution in [-0.4, -0.2) is 11.5 Å². The molecule has 0 fully saturated rings. The minimum Gasteiger partial charge on any atom is -0.323 e. The van der Waals surface area contributed by atoms with Gasteiger partial charge in [-0.3, -0.25) is 0 Å². The largest absolute Gasteiger partial charge is 0.323 e. The van der Waals surface area contributed by atoms with Crippen molar-refractivity contribution < 1.29 is 0 Å². The summed E-state index contributed by atoms with van der Waals surface area (Å²) in [5.41, 5.74) is 7.53. The van der Waals surface area contributed by atoms with Crippen LogP contribution in [0.4, 0.5) is 0 Å². The minimum atomic E-state index is 0.141. The fourth-order valence-corrected chi connectivity index (χ4v) is 3.32. The molecule has 2 rings (SSSR count). The van der Waals surface area contributed by atoms with Crippen molar-refractivity contribution in [3.05, 3.63) is 48.0 Å². The smallest absolute Gasteiger partial charge is 0.0387 e. The SMILES string of the molecule is CC(C)CCSCC(N)c1ccc2ccccc2c1. The molecule has 19 heavy (non-hydrogen) atoms. The molecule has 0 bridgehead atoms. The third kappa shape index (κ3) is 4.26. The molecule has 2 heteroatoms. The molecule has 0 saturated carbocycles. The van der Waals surface area contributed by atoms with E-state index in [0.29, 0.717) is 0 Å². The molecule has 2 aromatic carbocycles. The van der Waals surface area contributed by atoms with Crippen LogP contribution in [0.5, 0.6) is 0 Å². The van der Waals surface area contributed by atoms with Gasteiger partial charge in [-0.15, -0.1) is 0 Å². The molecular formula is C17H23NS. The average molecular weight is 273 g/mol. The lowest BCUT2D eigenvalue weighted by Gasteiger charge is -2.13. The summed E-state index contributed by atoms with van der Waals surface area (Å²) < 4.78 is 0. The van der Waals surface area contributed by atoms with Gasteiger partial charge in [-0.2, -0.15) is 11.8 Å². The molecule has 1 atom stereocenters. The summed E-state index contributed by atoms with van der Waals surface area (Å²) in [6.07, 6.45) is 1.27. The predicted molar refractivity (Wildman–Crippen MR) is 87.7 cm³/mol. The van der Waals surface area contributed by atoms with E-state index in [1.165, 1.54) is 28.5 Å². The summed E-state index contributed by atoms with van der Waals surface area (Å²) in [5, 5.41) is 2.56. The number of hydrogen-bond donors (Lipinski definition) is 1. The van der Waals surface area contributed by atoms with Gasteiger partial charge in [0.25, 0.3) is 0 Å². The van der Waals surface area contributed by atoms with E-state index in [1.54, 1.807) is 0 Å². The highest BCUT2D eigenvalue weighted by Gasteiger charge is 2.07. The van der Waals surface area contributed by atoms with Gasteiger partial charge in [0.15, 0.2) is 0 Å². The molecule has 0 radical (unpaired) electrons. The van der Waals surface area contributed by atoms with Gasteiger partial charge in [-0.05, 0) is 40.5 Å². The van der Waals surface area contributed by atoms with E-state index in [0.717, 1.165) is 11.7 Å². The maximum atomic E-state index is 6.28. The highest BCUT2D eigenvalue weighted by Crippen LogP contribution is 2.22. The molecule has 0 spiro atoms. The van der Waals surface area contributed by atoms with Crippen molar-refractivity contribution in [3.63, 3.8) is 0 Å². The van der Waals surface area contributed by atoms with E-state index in [-0.39, 0.29) is 6.04 Å². The topological polar surface area (TPSA) is 26.0 Å². The lowest BCUT2D eigenvalue weighted by atomic mass is 10.0. The van der Waals surface area contributed by atoms with Crippen LogP contribution in [-0.2, 0) is 0 Å². The fraction of sp³-hybridized carbons (Fsp3) is 0.412. The van der Waals surface area contributed by atoms with Crippen LogP contribution in [0.2, 0.25) is 0 Å². The summed E-state index contributed by atoms with van der Waals surface area (Å²) in [4.78, 5) is 0. The Morgan fingerprint density at radius 3 is 2.53 bits per heavy atom. The summed E-state index contributed by atoms with van der Waals surface area (Å²) >= 11 is 1.96. The van der Waals surface area contributed by atoms with Gasteiger partial charge in [0.05, 0.1) is 0 Å². The molecule has 0 saturated heterocycles. The van der Waals surface area contributed by atoms with E-state index in [9.17, 15) is 0 Å². The monoisotopic (exact) mass is 273 g/mol. The zero-order chi connectivity index (χ0) is 13.7. The second-order valence-corrected chi connectivity index (χ2v) is 6.62. The van der Waals surface area contributed by atoms with Crippen molar-refractivity contribution in [1.82, 2.24) is 0 Å². The van der Waals surface area contributed by atoms with Gasteiger partial charge >= 0.3 is 0 Å². The van der Waals surface area contributed by atoms with Crippen molar-refractivity contribution in [1.29, 1.82) is 0 Å². The molecule has 102 valence electrons. The van der Waals surface area contributed by atoms with Crippen LogP contribution in [0.3, 0.4) is 0 Å². The Labute approximate surface area is 120 Å². The molecule has 0 amide bonds. The van der Waals surface area contributed by atoms with E-state index >= 15 is 0 Å². The Kier molecular flexibility index (Phi) is 5.29. The minimum absolute atomic E-state index is 0.141. The van der Waals surface area contributed by atoms with Gasteiger partial charge in [-0.1, -0.05) is 50.2 Å². The first kappa shape index (κ1) is 14.4. The van der Waals surface area contributed by atoms with Crippen LogP contribution in [0.25, 0.3) is 10.8 Å². The zero-order valence-electron chi connectivity index (χ0n) is 11.8. The number of fused-ring (bicyclic) bond motifs is 1. The van der Waals surface area contributed by atoms with Crippen molar-refractivity contribution in [3.8, 4) is 0 Å². The van der Waals surface area contributed by atoms with Gasteiger partial charge < -0.3 is 5.73 Å². The molecule has 1 unspecified atom stereocenters. The molecule has 2 aromatic rings. The van der Waals surface area contributed by atoms with Crippen LogP contribution >= 0.6 is 11.8 Å². The van der Waals surface area contributed by atoms with E-state index < -0.39 is 0 Å². The van der Waals surface area contributed by atoms with E-state index in [4.69, 9.17) is 5.73 Å². The molecule has 1 nitrogen and oxygen atoms in total. The average Bonchev–Trinajstić information content (AvgIpc) is 2.42. The summed E-state index contributed by atoms with van der Waals surface area (Å²) in [7, 11) is 0. The normalized spacial score (nSPS) is 13.1. The number of nitrogens with two attached hydrogens (primary N) is 1. The van der Waals surface area contributed by atoms with E-state index in [2.05, 4.69) is 56.3 Å². The number of benzene rings is 2. The lowest BCUT2D eigenvalue weighted by Crippen LogP contribution is -2.13. The molecule has 0 aliphatic rings. The molecule has 2 N–H and O–H groups in total. The van der Waals surface area contributed by atoms with Gasteiger partial charge in [0, 0.05) is 11.8 Å². The summed E-state index contributed by atoms with van der Waals surface area (Å²) in [6.45, 7) is 4.54. The standard InChI is InChI=1S/C17H23NS/c1-13(2)9-10-19-12-17(18)16-8-7-14-5-3-4-6-15(14)11-16/h3-8,11,13,17H,9-10,12,18H2,1-2H3. The van der Waals surface area contributed by atoms with Gasteiger partial charge in [0.1, 0.15) is 0 Å². The maximum Gasteiger partial charge on any atom is 0.0387 e. The van der Waals surface area contributed by atoms with Crippen LogP contribution < -0.4 is 5.73 Å². The molecular weight excluding hydrogens is 250 g/mol. The van der Waals surface area contributed by atoms with Gasteiger partial charge in [-0.25, -0.2) is 0 Å². The van der Waals surface area contributed by atoms with Crippen molar-refractivity contribution >= 4 is 22.5 Å². The molecule has 0 heterocycles. The molecule has 0 aliphatic heterocycles. The number of thioether (sulfide) groups is 1. The number of hydrogen-bond acceptors (Lipinski definition) is 2. The van der Waals surface area contributed by atoms with Gasteiger partial charge in [0.2, 0.25) is 0 Å². The lowest BCUT2D eigenvalue weighted by molar-refractivity contribution is 0.631. The fourth-order valence-electron chi connectivity index (χ4n) is 2.06. The molecule has 0 aliphatic carbocycles. The Morgan fingerprint density at radius 1 is 1.05 bits per heavy atom. The summed E-state index contributed by atoms with van der Waals surface area (Å²) in [6, 6.07) is 15.1. The number of rotatable bonds is 6. The highest BCUT2D eigenvalue weighted by atomic mass is 32.2. The Hall–Kier alpha value is -0.990. The Balaban J connectivity index is 1.95. The first-order valence-electron chi connectivity index (χ1n) is 6.99. The third-order valence-corrected chi connectivity index (χ3v) is 4.46. The van der Waals surface area contributed by atoms with Crippen LogP contribution in [0.15, 0.2) is 42.5 Å². The first-order valence-corrected chi connectivity index (χ1v) is 8.14. The Morgan fingerprint density at radius 2 is 1.79 bits per heavy atom. The second-order valence-electron chi connectivity index (χ2n) is 5.47.